The van der Waals surface area contributed by atoms with Crippen molar-refractivity contribution >= 4 is 17.9 Å². The highest BCUT2D eigenvalue weighted by molar-refractivity contribution is 5.86. The smallest absolute Gasteiger partial charge is 0.318 e. The molecule has 1 aliphatic heterocycles. The largest absolute Gasteiger partial charge is 0.481 e. The van der Waals surface area contributed by atoms with E-state index in [9.17, 15) is 14.4 Å². The number of carboxylic acids is 1. The third kappa shape index (κ3) is 5.04. The Hall–Kier alpha value is -1.83. The van der Waals surface area contributed by atoms with E-state index >= 15 is 0 Å². The molecule has 1 aliphatic rings. The van der Waals surface area contributed by atoms with Crippen LogP contribution in [0.2, 0.25) is 0 Å². The number of nitrogens with one attached hydrogen (secondary N) is 2. The Labute approximate surface area is 118 Å². The number of likely N-dealkylation sites (N-methyl/N-ethyl adjacent to an activating group) is 1. The molecule has 1 saturated heterocycles. The van der Waals surface area contributed by atoms with Crippen molar-refractivity contribution in [2.45, 2.75) is 19.4 Å². The van der Waals surface area contributed by atoms with Gasteiger partial charge in [0, 0.05) is 39.8 Å². The summed E-state index contributed by atoms with van der Waals surface area (Å²) >= 11 is 0. The molecule has 1 fully saturated rings. The third-order valence-electron chi connectivity index (χ3n) is 3.28. The van der Waals surface area contributed by atoms with Crippen LogP contribution in [0.15, 0.2) is 0 Å². The maximum Gasteiger partial charge on any atom is 0.318 e. The van der Waals surface area contributed by atoms with Crippen LogP contribution in [-0.4, -0.2) is 78.6 Å². The number of carboxylic acid groups (broad SMARTS) is 1. The van der Waals surface area contributed by atoms with Gasteiger partial charge in [-0.05, 0) is 6.92 Å². The van der Waals surface area contributed by atoms with Gasteiger partial charge in [0.25, 0.3) is 0 Å². The van der Waals surface area contributed by atoms with Crippen LogP contribution in [-0.2, 0) is 9.59 Å². The number of rotatable bonds is 5. The molecule has 0 aromatic rings. The summed E-state index contributed by atoms with van der Waals surface area (Å²) in [6.07, 6.45) is 0.111. The van der Waals surface area contributed by atoms with Crippen LogP contribution in [0.3, 0.4) is 0 Å². The topological polar surface area (TPSA) is 102 Å². The lowest BCUT2D eigenvalue weighted by Gasteiger charge is -2.34. The second-order valence-electron chi connectivity index (χ2n) is 4.76. The molecular formula is C12H22N4O4. The second-order valence-corrected chi connectivity index (χ2v) is 4.76. The van der Waals surface area contributed by atoms with Gasteiger partial charge in [-0.15, -0.1) is 0 Å². The van der Waals surface area contributed by atoms with Gasteiger partial charge in [-0.25, -0.2) is 4.79 Å². The van der Waals surface area contributed by atoms with Crippen molar-refractivity contribution in [3.05, 3.63) is 0 Å². The minimum Gasteiger partial charge on any atom is -0.481 e. The number of hydrogen-bond acceptors (Lipinski definition) is 4. The quantitative estimate of drug-likeness (QED) is 0.597. The molecule has 20 heavy (non-hydrogen) atoms. The van der Waals surface area contributed by atoms with Gasteiger partial charge in [0.05, 0.1) is 6.42 Å². The highest BCUT2D eigenvalue weighted by Gasteiger charge is 2.23. The minimum atomic E-state index is -0.815. The van der Waals surface area contributed by atoms with E-state index in [1.807, 2.05) is 4.90 Å². The van der Waals surface area contributed by atoms with Crippen molar-refractivity contribution < 1.29 is 19.5 Å². The molecule has 0 aromatic heterocycles. The summed E-state index contributed by atoms with van der Waals surface area (Å²) in [4.78, 5) is 37.4. The van der Waals surface area contributed by atoms with Gasteiger partial charge in [0.1, 0.15) is 6.04 Å². The lowest BCUT2D eigenvalue weighted by atomic mass is 10.3. The summed E-state index contributed by atoms with van der Waals surface area (Å²) in [6, 6.07) is -0.837. The van der Waals surface area contributed by atoms with Crippen molar-refractivity contribution in [1.82, 2.24) is 20.4 Å². The summed E-state index contributed by atoms with van der Waals surface area (Å²) in [5, 5.41) is 13.7. The predicted octanol–water partition coefficient (Wildman–Crippen LogP) is -1.08. The van der Waals surface area contributed by atoms with Crippen molar-refractivity contribution in [2.24, 2.45) is 0 Å². The molecule has 1 heterocycles. The van der Waals surface area contributed by atoms with Gasteiger partial charge in [-0.2, -0.15) is 0 Å². The molecule has 3 amide bonds. The number of nitrogens with zero attached hydrogens (tertiary/aromatic N) is 2. The predicted molar refractivity (Wildman–Crippen MR) is 72.3 cm³/mol. The SMILES string of the molecule is CNC(=O)C(C)NC(=O)N1CCN(CCC(=O)O)CC1. The van der Waals surface area contributed by atoms with Gasteiger partial charge < -0.3 is 20.6 Å². The number of hydrogen-bond donors (Lipinski definition) is 3. The second kappa shape index (κ2) is 7.68. The molecule has 114 valence electrons. The zero-order chi connectivity index (χ0) is 15.1. The number of piperazine rings is 1. The van der Waals surface area contributed by atoms with Gasteiger partial charge in [-0.3, -0.25) is 14.5 Å². The van der Waals surface area contributed by atoms with E-state index in [0.717, 1.165) is 0 Å². The Balaban J connectivity index is 2.32. The van der Waals surface area contributed by atoms with Crippen LogP contribution in [0.25, 0.3) is 0 Å². The lowest BCUT2D eigenvalue weighted by Crippen LogP contribution is -2.55. The first kappa shape index (κ1) is 16.2. The summed E-state index contributed by atoms with van der Waals surface area (Å²) in [7, 11) is 1.52. The van der Waals surface area contributed by atoms with Crippen molar-refractivity contribution in [2.75, 3.05) is 39.8 Å². The Morgan fingerprint density at radius 1 is 1.20 bits per heavy atom. The number of carbonyl (C=O) groups is 3. The molecule has 1 rings (SSSR count). The molecule has 0 saturated carbocycles. The molecule has 8 nitrogen and oxygen atoms in total. The number of aliphatic carboxylic acids is 1. The molecule has 0 bridgehead atoms. The first-order chi connectivity index (χ1) is 9.43. The number of carbonyl (C=O) groups excluding carboxylic acids is 2. The van der Waals surface area contributed by atoms with E-state index in [0.29, 0.717) is 32.7 Å². The fourth-order valence-electron chi connectivity index (χ4n) is 1.99. The molecule has 0 aliphatic carbocycles. The Kier molecular flexibility index (Phi) is 6.23. The van der Waals surface area contributed by atoms with Crippen LogP contribution in [0.5, 0.6) is 0 Å². The molecule has 0 radical (unpaired) electrons. The first-order valence-electron chi connectivity index (χ1n) is 6.65. The zero-order valence-corrected chi connectivity index (χ0v) is 11.9. The van der Waals surface area contributed by atoms with Gasteiger partial charge in [0.2, 0.25) is 5.91 Å². The van der Waals surface area contributed by atoms with E-state index < -0.39 is 12.0 Å². The fraction of sp³-hybridized carbons (Fsp3) is 0.750. The van der Waals surface area contributed by atoms with E-state index in [2.05, 4.69) is 10.6 Å². The average Bonchev–Trinajstić information content (AvgIpc) is 2.44. The summed E-state index contributed by atoms with van der Waals surface area (Å²) in [5.74, 6) is -1.05. The van der Waals surface area contributed by atoms with Crippen LogP contribution < -0.4 is 10.6 Å². The van der Waals surface area contributed by atoms with Crippen molar-refractivity contribution in [3.8, 4) is 0 Å². The first-order valence-corrected chi connectivity index (χ1v) is 6.65. The minimum absolute atomic E-state index is 0.111. The Morgan fingerprint density at radius 2 is 1.80 bits per heavy atom. The monoisotopic (exact) mass is 286 g/mol. The lowest BCUT2D eigenvalue weighted by molar-refractivity contribution is -0.137. The molecule has 8 heteroatoms. The van der Waals surface area contributed by atoms with E-state index in [1.54, 1.807) is 11.8 Å². The van der Waals surface area contributed by atoms with Crippen LogP contribution in [0, 0.1) is 0 Å². The van der Waals surface area contributed by atoms with Crippen LogP contribution in [0.1, 0.15) is 13.3 Å². The molecule has 1 unspecified atom stereocenters. The van der Waals surface area contributed by atoms with Crippen molar-refractivity contribution in [1.29, 1.82) is 0 Å². The van der Waals surface area contributed by atoms with Gasteiger partial charge in [-0.1, -0.05) is 0 Å². The maximum absolute atomic E-state index is 11.9. The van der Waals surface area contributed by atoms with Crippen LogP contribution >= 0.6 is 0 Å². The normalized spacial score (nSPS) is 17.4. The molecule has 0 aromatic carbocycles. The van der Waals surface area contributed by atoms with Crippen LogP contribution in [0.4, 0.5) is 4.79 Å². The van der Waals surface area contributed by atoms with Crippen molar-refractivity contribution in [3.63, 3.8) is 0 Å². The van der Waals surface area contributed by atoms with Gasteiger partial charge in [0.15, 0.2) is 0 Å². The fourth-order valence-corrected chi connectivity index (χ4v) is 1.99. The van der Waals surface area contributed by atoms with Gasteiger partial charge >= 0.3 is 12.0 Å². The standard InChI is InChI=1S/C12H22N4O4/c1-9(11(19)13-2)14-12(20)16-7-5-15(6-8-16)4-3-10(17)18/h9H,3-8H2,1-2H3,(H,13,19)(H,14,20)(H,17,18). The molecule has 1 atom stereocenters. The zero-order valence-electron chi connectivity index (χ0n) is 11.9. The average molecular weight is 286 g/mol. The third-order valence-corrected chi connectivity index (χ3v) is 3.28. The van der Waals surface area contributed by atoms with E-state index in [1.165, 1.54) is 7.05 Å². The Bertz CT molecular complexity index is 366. The number of urea groups is 1. The maximum atomic E-state index is 11.9. The number of amides is 3. The summed E-state index contributed by atoms with van der Waals surface area (Å²) in [6.45, 7) is 4.49. The highest BCUT2D eigenvalue weighted by Crippen LogP contribution is 2.03. The molecule has 0 spiro atoms. The Morgan fingerprint density at radius 3 is 2.30 bits per heavy atom. The summed E-state index contributed by atoms with van der Waals surface area (Å²) in [5.41, 5.74) is 0. The van der Waals surface area contributed by atoms with E-state index in [-0.39, 0.29) is 18.4 Å². The molecular weight excluding hydrogens is 264 g/mol. The van der Waals surface area contributed by atoms with E-state index in [4.69, 9.17) is 5.11 Å². The summed E-state index contributed by atoms with van der Waals surface area (Å²) < 4.78 is 0. The highest BCUT2D eigenvalue weighted by atomic mass is 16.4. The molecule has 3 N–H and O–H groups in total.